The zero-order chi connectivity index (χ0) is 18.7. The fraction of sp³-hybridized carbons (Fsp3) is 0.0588. The Hall–Kier alpha value is -2.91. The molecule has 1 saturated heterocycles. The summed E-state index contributed by atoms with van der Waals surface area (Å²) in [6.45, 7) is 0.139. The smallest absolute Gasteiger partial charge is 0.269 e. The maximum Gasteiger partial charge on any atom is 0.269 e. The molecule has 2 aromatic rings. The zero-order valence-electron chi connectivity index (χ0n) is 13.3. The van der Waals surface area contributed by atoms with E-state index in [1.54, 1.807) is 42.5 Å². The number of hydrogen-bond donors (Lipinski definition) is 2. The topological polar surface area (TPSA) is 95.7 Å². The van der Waals surface area contributed by atoms with Crippen molar-refractivity contribution < 1.29 is 14.8 Å². The van der Waals surface area contributed by atoms with E-state index in [9.17, 15) is 20.0 Å². The van der Waals surface area contributed by atoms with Crippen LogP contribution in [0.2, 0.25) is 0 Å². The van der Waals surface area contributed by atoms with E-state index in [0.29, 0.717) is 20.5 Å². The van der Waals surface area contributed by atoms with Crippen LogP contribution in [-0.2, 0) is 4.79 Å². The van der Waals surface area contributed by atoms with E-state index in [4.69, 9.17) is 12.2 Å². The Morgan fingerprint density at radius 1 is 1.23 bits per heavy atom. The average Bonchev–Trinajstić information content (AvgIpc) is 2.89. The summed E-state index contributed by atoms with van der Waals surface area (Å²) in [5.74, 6) is -0.181. The van der Waals surface area contributed by atoms with Crippen LogP contribution in [0.1, 0.15) is 5.56 Å². The molecule has 132 valence electrons. The number of nitro groups is 1. The van der Waals surface area contributed by atoms with Crippen LogP contribution in [0.4, 0.5) is 11.4 Å². The second-order valence-electron chi connectivity index (χ2n) is 5.31. The Morgan fingerprint density at radius 3 is 2.58 bits per heavy atom. The number of phenols is 1. The molecule has 1 heterocycles. The number of thiocarbonyl (C=S) groups is 1. The summed E-state index contributed by atoms with van der Waals surface area (Å²) < 4.78 is 0.395. The van der Waals surface area contributed by atoms with Gasteiger partial charge in [0.1, 0.15) is 10.1 Å². The van der Waals surface area contributed by atoms with Crippen molar-refractivity contribution in [1.29, 1.82) is 0 Å². The van der Waals surface area contributed by atoms with Gasteiger partial charge in [0.05, 0.1) is 16.5 Å². The first-order chi connectivity index (χ1) is 12.5. The monoisotopic (exact) mass is 387 g/mol. The Morgan fingerprint density at radius 2 is 1.92 bits per heavy atom. The fourth-order valence-corrected chi connectivity index (χ4v) is 3.50. The molecule has 0 aromatic heterocycles. The van der Waals surface area contributed by atoms with Gasteiger partial charge in [0.25, 0.3) is 11.6 Å². The van der Waals surface area contributed by atoms with Crippen LogP contribution in [0.15, 0.2) is 53.4 Å². The number of nitrogens with one attached hydrogen (secondary N) is 1. The Kier molecular flexibility index (Phi) is 5.19. The van der Waals surface area contributed by atoms with E-state index in [1.807, 2.05) is 0 Å². The zero-order valence-corrected chi connectivity index (χ0v) is 14.9. The highest BCUT2D eigenvalue weighted by Crippen LogP contribution is 2.33. The number of phenolic OH excluding ortho intramolecular Hbond substituents is 1. The SMILES string of the molecule is O=C1/C(=C\c2ccccc2O)SC(=S)N1CNc1ccc([N+](=O)[O-])cc1. The molecular formula is C17H13N3O4S2. The largest absolute Gasteiger partial charge is 0.507 e. The van der Waals surface area contributed by atoms with E-state index in [-0.39, 0.29) is 24.0 Å². The molecule has 3 rings (SSSR count). The molecule has 2 aromatic carbocycles. The first kappa shape index (κ1) is 17.9. The lowest BCUT2D eigenvalue weighted by atomic mass is 10.2. The molecule has 1 amide bonds. The number of hydrogen-bond acceptors (Lipinski definition) is 7. The minimum Gasteiger partial charge on any atom is -0.507 e. The van der Waals surface area contributed by atoms with Crippen LogP contribution in [0, 0.1) is 10.1 Å². The molecule has 1 aliphatic heterocycles. The molecule has 0 saturated carbocycles. The molecule has 0 atom stereocenters. The number of para-hydroxylation sites is 1. The predicted molar refractivity (Wildman–Crippen MR) is 105 cm³/mol. The number of non-ortho nitro benzene ring substituents is 1. The van der Waals surface area contributed by atoms with Crippen LogP contribution in [-0.4, -0.2) is 31.8 Å². The first-order valence-corrected chi connectivity index (χ1v) is 8.70. The van der Waals surface area contributed by atoms with E-state index >= 15 is 0 Å². The van der Waals surface area contributed by atoms with Gasteiger partial charge in [-0.25, -0.2) is 0 Å². The summed E-state index contributed by atoms with van der Waals surface area (Å²) in [4.78, 5) is 24.5. The lowest BCUT2D eigenvalue weighted by Crippen LogP contribution is -2.33. The van der Waals surface area contributed by atoms with Crippen LogP contribution < -0.4 is 5.32 Å². The lowest BCUT2D eigenvalue weighted by Gasteiger charge is -2.16. The Balaban J connectivity index is 1.69. The van der Waals surface area contributed by atoms with Gasteiger partial charge in [0, 0.05) is 23.4 Å². The maximum absolute atomic E-state index is 12.5. The van der Waals surface area contributed by atoms with Crippen LogP contribution in [0.5, 0.6) is 5.75 Å². The third-order valence-corrected chi connectivity index (χ3v) is 4.99. The standard InChI is InChI=1S/C17H13N3O4S2/c21-14-4-2-1-3-11(14)9-15-16(22)19(17(25)26-15)10-18-12-5-7-13(8-6-12)20(23)24/h1-9,18,21H,10H2/b15-9+. The summed E-state index contributed by atoms with van der Waals surface area (Å²) in [6, 6.07) is 12.6. The van der Waals surface area contributed by atoms with E-state index < -0.39 is 4.92 Å². The third kappa shape index (κ3) is 3.84. The number of anilines is 1. The quantitative estimate of drug-likeness (QED) is 0.350. The van der Waals surface area contributed by atoms with E-state index in [1.165, 1.54) is 17.0 Å². The number of aromatic hydroxyl groups is 1. The summed E-state index contributed by atoms with van der Waals surface area (Å²) in [5, 5.41) is 23.5. The molecule has 7 nitrogen and oxygen atoms in total. The first-order valence-electron chi connectivity index (χ1n) is 7.47. The van der Waals surface area contributed by atoms with Gasteiger partial charge >= 0.3 is 0 Å². The number of carbonyl (C=O) groups is 1. The van der Waals surface area contributed by atoms with E-state index in [2.05, 4.69) is 5.32 Å². The van der Waals surface area contributed by atoms with Crippen LogP contribution in [0.3, 0.4) is 0 Å². The van der Waals surface area contributed by atoms with Crippen molar-refractivity contribution in [1.82, 2.24) is 4.90 Å². The molecule has 9 heteroatoms. The Labute approximate surface area is 158 Å². The minimum atomic E-state index is -0.477. The third-order valence-electron chi connectivity index (χ3n) is 3.62. The number of thioether (sulfide) groups is 1. The van der Waals surface area contributed by atoms with Gasteiger partial charge < -0.3 is 10.4 Å². The second-order valence-corrected chi connectivity index (χ2v) is 6.98. The number of nitrogens with zero attached hydrogens (tertiary/aromatic N) is 2. The maximum atomic E-state index is 12.5. The summed E-state index contributed by atoms with van der Waals surface area (Å²) in [7, 11) is 0. The van der Waals surface area contributed by atoms with Crippen molar-refractivity contribution >= 4 is 51.7 Å². The van der Waals surface area contributed by atoms with Crippen molar-refractivity contribution in [2.75, 3.05) is 12.0 Å². The van der Waals surface area contributed by atoms with Crippen LogP contribution in [0.25, 0.3) is 6.08 Å². The van der Waals surface area contributed by atoms with Crippen molar-refractivity contribution in [2.45, 2.75) is 0 Å². The highest BCUT2D eigenvalue weighted by atomic mass is 32.2. The predicted octanol–water partition coefficient (Wildman–Crippen LogP) is 3.57. The van der Waals surface area contributed by atoms with Gasteiger partial charge in [-0.3, -0.25) is 19.8 Å². The number of rotatable bonds is 5. The van der Waals surface area contributed by atoms with Crippen molar-refractivity contribution in [3.63, 3.8) is 0 Å². The highest BCUT2D eigenvalue weighted by Gasteiger charge is 2.31. The summed E-state index contributed by atoms with van der Waals surface area (Å²) >= 11 is 6.40. The lowest BCUT2D eigenvalue weighted by molar-refractivity contribution is -0.384. The summed E-state index contributed by atoms with van der Waals surface area (Å²) in [5.41, 5.74) is 1.16. The molecule has 26 heavy (non-hydrogen) atoms. The van der Waals surface area contributed by atoms with Crippen molar-refractivity contribution in [3.8, 4) is 5.75 Å². The Bertz CT molecular complexity index is 912. The molecule has 1 aliphatic rings. The molecule has 0 aliphatic carbocycles. The highest BCUT2D eigenvalue weighted by molar-refractivity contribution is 8.26. The molecular weight excluding hydrogens is 374 g/mol. The van der Waals surface area contributed by atoms with Crippen LogP contribution >= 0.6 is 24.0 Å². The second kappa shape index (κ2) is 7.54. The van der Waals surface area contributed by atoms with Crippen molar-refractivity contribution in [3.05, 3.63) is 69.1 Å². The van der Waals surface area contributed by atoms with Gasteiger partial charge in [-0.05, 0) is 24.3 Å². The molecule has 0 spiro atoms. The van der Waals surface area contributed by atoms with Gasteiger partial charge in [0.15, 0.2) is 0 Å². The normalized spacial score (nSPS) is 15.5. The molecule has 0 unspecified atom stereocenters. The molecule has 1 fully saturated rings. The fourth-order valence-electron chi connectivity index (χ4n) is 2.26. The number of amides is 1. The van der Waals surface area contributed by atoms with Gasteiger partial charge in [-0.15, -0.1) is 0 Å². The number of nitro benzene ring substituents is 1. The number of benzene rings is 2. The molecule has 2 N–H and O–H groups in total. The minimum absolute atomic E-state index is 0.00763. The van der Waals surface area contributed by atoms with Gasteiger partial charge in [-0.1, -0.05) is 42.2 Å². The van der Waals surface area contributed by atoms with Gasteiger partial charge in [-0.2, -0.15) is 0 Å². The molecule has 0 radical (unpaired) electrons. The average molecular weight is 387 g/mol. The number of carbonyl (C=O) groups excluding carboxylic acids is 1. The van der Waals surface area contributed by atoms with E-state index in [0.717, 1.165) is 11.8 Å². The molecule has 0 bridgehead atoms. The summed E-state index contributed by atoms with van der Waals surface area (Å²) in [6.07, 6.45) is 1.60. The van der Waals surface area contributed by atoms with Gasteiger partial charge in [0.2, 0.25) is 0 Å². The van der Waals surface area contributed by atoms with Crippen molar-refractivity contribution in [2.24, 2.45) is 0 Å².